The number of aryl methyl sites for hydroxylation is 1. The van der Waals surface area contributed by atoms with E-state index in [-0.39, 0.29) is 5.56 Å². The standard InChI is InChI=1S/C18H20N4O3S/c1-11-20-17-16(18(23)22(11)19-10-21(2)3)13(9-26-17)12-6-7-14(24-4)15(8-12)25-5/h6-10H,1-5H3/b19-10-. The summed E-state index contributed by atoms with van der Waals surface area (Å²) >= 11 is 1.43. The second-order valence-corrected chi connectivity index (χ2v) is 6.73. The lowest BCUT2D eigenvalue weighted by Gasteiger charge is -2.10. The van der Waals surface area contributed by atoms with Crippen LogP contribution in [-0.2, 0) is 0 Å². The third-order valence-corrected chi connectivity index (χ3v) is 4.71. The average Bonchev–Trinajstić information content (AvgIpc) is 3.04. The molecular formula is C18H20N4O3S. The molecule has 0 aliphatic heterocycles. The Hall–Kier alpha value is -2.87. The molecule has 1 aromatic carbocycles. The Balaban J connectivity index is 2.22. The first-order valence-electron chi connectivity index (χ1n) is 7.90. The molecule has 0 saturated carbocycles. The number of nitrogens with zero attached hydrogens (tertiary/aromatic N) is 4. The van der Waals surface area contributed by atoms with Gasteiger partial charge >= 0.3 is 0 Å². The van der Waals surface area contributed by atoms with Gasteiger partial charge < -0.3 is 14.4 Å². The summed E-state index contributed by atoms with van der Waals surface area (Å²) in [7, 11) is 6.86. The third kappa shape index (κ3) is 3.15. The zero-order chi connectivity index (χ0) is 18.8. The second kappa shape index (κ2) is 7.17. The molecule has 0 radical (unpaired) electrons. The van der Waals surface area contributed by atoms with E-state index in [0.717, 1.165) is 11.1 Å². The van der Waals surface area contributed by atoms with Gasteiger partial charge in [-0.2, -0.15) is 9.78 Å². The Bertz CT molecular complexity index is 1040. The highest BCUT2D eigenvalue weighted by atomic mass is 32.1. The number of fused-ring (bicyclic) bond motifs is 1. The topological polar surface area (TPSA) is 69.0 Å². The van der Waals surface area contributed by atoms with Crippen molar-refractivity contribution in [3.05, 3.63) is 39.8 Å². The molecule has 2 aromatic heterocycles. The van der Waals surface area contributed by atoms with Gasteiger partial charge in [0.15, 0.2) is 11.5 Å². The summed E-state index contributed by atoms with van der Waals surface area (Å²) in [6.45, 7) is 1.77. The SMILES string of the molecule is COc1ccc(-c2csc3nc(C)n(/N=C\N(C)C)c(=O)c23)cc1OC. The molecule has 0 aliphatic carbocycles. The average molecular weight is 372 g/mol. The molecular weight excluding hydrogens is 352 g/mol. The lowest BCUT2D eigenvalue weighted by atomic mass is 10.1. The molecule has 7 nitrogen and oxygen atoms in total. The van der Waals surface area contributed by atoms with Crippen LogP contribution in [0, 0.1) is 6.92 Å². The summed E-state index contributed by atoms with van der Waals surface area (Å²) in [5, 5.41) is 6.71. The van der Waals surface area contributed by atoms with Crippen LogP contribution in [0.4, 0.5) is 0 Å². The number of rotatable bonds is 5. The van der Waals surface area contributed by atoms with E-state index in [9.17, 15) is 4.79 Å². The van der Waals surface area contributed by atoms with Crippen LogP contribution in [-0.4, -0.2) is 49.2 Å². The molecule has 0 fully saturated rings. The quantitative estimate of drug-likeness (QED) is 0.509. The molecule has 0 saturated heterocycles. The van der Waals surface area contributed by atoms with E-state index in [0.29, 0.717) is 27.5 Å². The van der Waals surface area contributed by atoms with Gasteiger partial charge in [-0.05, 0) is 24.6 Å². The second-order valence-electron chi connectivity index (χ2n) is 5.87. The van der Waals surface area contributed by atoms with Gasteiger partial charge in [-0.25, -0.2) is 4.98 Å². The van der Waals surface area contributed by atoms with Crippen LogP contribution in [0.25, 0.3) is 21.3 Å². The summed E-state index contributed by atoms with van der Waals surface area (Å²) in [5.41, 5.74) is 1.47. The van der Waals surface area contributed by atoms with Gasteiger partial charge in [0.1, 0.15) is 17.0 Å². The minimum atomic E-state index is -0.198. The van der Waals surface area contributed by atoms with E-state index < -0.39 is 0 Å². The minimum absolute atomic E-state index is 0.198. The van der Waals surface area contributed by atoms with Crippen molar-refractivity contribution < 1.29 is 9.47 Å². The van der Waals surface area contributed by atoms with Crippen LogP contribution < -0.4 is 15.0 Å². The van der Waals surface area contributed by atoms with Crippen molar-refractivity contribution in [3.8, 4) is 22.6 Å². The number of methoxy groups -OCH3 is 2. The zero-order valence-corrected chi connectivity index (χ0v) is 16.1. The maximum absolute atomic E-state index is 13.0. The Morgan fingerprint density at radius 1 is 1.23 bits per heavy atom. The molecule has 26 heavy (non-hydrogen) atoms. The molecule has 0 unspecified atom stereocenters. The predicted molar refractivity (Wildman–Crippen MR) is 105 cm³/mol. The molecule has 136 valence electrons. The van der Waals surface area contributed by atoms with Crippen LogP contribution in [0.3, 0.4) is 0 Å². The Labute approximate surface area is 155 Å². The first kappa shape index (κ1) is 17.9. The summed E-state index contributed by atoms with van der Waals surface area (Å²) in [5.74, 6) is 1.79. The molecule has 0 atom stereocenters. The Kier molecular flexibility index (Phi) is 4.94. The van der Waals surface area contributed by atoms with Gasteiger partial charge in [0.25, 0.3) is 5.56 Å². The molecule has 3 aromatic rings. The fourth-order valence-corrected chi connectivity index (χ4v) is 3.57. The van der Waals surface area contributed by atoms with Crippen molar-refractivity contribution in [3.63, 3.8) is 0 Å². The zero-order valence-electron chi connectivity index (χ0n) is 15.3. The minimum Gasteiger partial charge on any atom is -0.493 e. The normalized spacial score (nSPS) is 11.3. The lowest BCUT2D eigenvalue weighted by molar-refractivity contribution is 0.355. The number of thiophene rings is 1. The summed E-state index contributed by atoms with van der Waals surface area (Å²) in [4.78, 5) is 20.0. The van der Waals surface area contributed by atoms with Gasteiger partial charge in [-0.3, -0.25) is 4.79 Å². The number of aromatic nitrogens is 2. The number of hydrogen-bond acceptors (Lipinski definition) is 6. The van der Waals surface area contributed by atoms with Gasteiger partial charge in [-0.15, -0.1) is 11.3 Å². The van der Waals surface area contributed by atoms with Crippen molar-refractivity contribution in [1.82, 2.24) is 14.6 Å². The monoisotopic (exact) mass is 372 g/mol. The van der Waals surface area contributed by atoms with Gasteiger partial charge in [0, 0.05) is 25.0 Å². The van der Waals surface area contributed by atoms with Crippen molar-refractivity contribution >= 4 is 27.9 Å². The third-order valence-electron chi connectivity index (χ3n) is 3.84. The van der Waals surface area contributed by atoms with E-state index >= 15 is 0 Å². The molecule has 2 heterocycles. The fraction of sp³-hybridized carbons (Fsp3) is 0.278. The Morgan fingerprint density at radius 2 is 1.96 bits per heavy atom. The summed E-state index contributed by atoms with van der Waals surface area (Å²) < 4.78 is 12.0. The number of benzene rings is 1. The predicted octanol–water partition coefficient (Wildman–Crippen LogP) is 2.80. The molecule has 0 bridgehead atoms. The van der Waals surface area contributed by atoms with Crippen molar-refractivity contribution in [1.29, 1.82) is 0 Å². The van der Waals surface area contributed by atoms with Crippen molar-refractivity contribution in [2.75, 3.05) is 28.3 Å². The number of ether oxygens (including phenoxy) is 2. The molecule has 3 rings (SSSR count). The van der Waals surface area contributed by atoms with E-state index in [1.165, 1.54) is 16.0 Å². The molecule has 0 N–H and O–H groups in total. The summed E-state index contributed by atoms with van der Waals surface area (Å²) in [6.07, 6.45) is 1.57. The van der Waals surface area contributed by atoms with E-state index in [1.807, 2.05) is 37.7 Å². The van der Waals surface area contributed by atoms with Crippen molar-refractivity contribution in [2.45, 2.75) is 6.92 Å². The van der Waals surface area contributed by atoms with Gasteiger partial charge in [0.2, 0.25) is 0 Å². The van der Waals surface area contributed by atoms with Gasteiger partial charge in [-0.1, -0.05) is 6.07 Å². The maximum atomic E-state index is 13.0. The smallest absolute Gasteiger partial charge is 0.283 e. The molecule has 0 amide bonds. The lowest BCUT2D eigenvalue weighted by Crippen LogP contribution is -2.22. The van der Waals surface area contributed by atoms with Crippen LogP contribution in [0.2, 0.25) is 0 Å². The summed E-state index contributed by atoms with van der Waals surface area (Å²) in [6, 6.07) is 5.57. The fourth-order valence-electron chi connectivity index (χ4n) is 2.59. The largest absolute Gasteiger partial charge is 0.493 e. The highest BCUT2D eigenvalue weighted by molar-refractivity contribution is 7.17. The maximum Gasteiger partial charge on any atom is 0.283 e. The van der Waals surface area contributed by atoms with Crippen LogP contribution in [0.15, 0.2) is 33.5 Å². The molecule has 0 spiro atoms. The van der Waals surface area contributed by atoms with Crippen LogP contribution >= 0.6 is 11.3 Å². The van der Waals surface area contributed by atoms with E-state index in [2.05, 4.69) is 10.1 Å². The Morgan fingerprint density at radius 3 is 2.62 bits per heavy atom. The van der Waals surface area contributed by atoms with E-state index in [1.54, 1.807) is 32.4 Å². The molecule has 8 heteroatoms. The molecule has 0 aliphatic rings. The number of hydrogen-bond donors (Lipinski definition) is 0. The van der Waals surface area contributed by atoms with Gasteiger partial charge in [0.05, 0.1) is 19.6 Å². The van der Waals surface area contributed by atoms with Crippen LogP contribution in [0.5, 0.6) is 11.5 Å². The first-order chi connectivity index (χ1) is 12.5. The highest BCUT2D eigenvalue weighted by Gasteiger charge is 2.16. The van der Waals surface area contributed by atoms with E-state index in [4.69, 9.17) is 9.47 Å². The van der Waals surface area contributed by atoms with Crippen LogP contribution in [0.1, 0.15) is 5.82 Å². The highest BCUT2D eigenvalue weighted by Crippen LogP contribution is 2.36. The van der Waals surface area contributed by atoms with Crippen molar-refractivity contribution in [2.24, 2.45) is 5.10 Å². The first-order valence-corrected chi connectivity index (χ1v) is 8.78.